The van der Waals surface area contributed by atoms with Gasteiger partial charge < -0.3 is 19.8 Å². The fourth-order valence-electron chi connectivity index (χ4n) is 1.78. The molecule has 2 aromatic rings. The van der Waals surface area contributed by atoms with Gasteiger partial charge in [-0.1, -0.05) is 54.6 Å². The highest BCUT2D eigenvalue weighted by Gasteiger charge is 1.99. The summed E-state index contributed by atoms with van der Waals surface area (Å²) in [5.41, 5.74) is 1.28. The maximum absolute atomic E-state index is 10.9. The molecule has 0 N–H and O–H groups in total. The predicted octanol–water partition coefficient (Wildman–Crippen LogP) is 0.584. The first-order valence-corrected chi connectivity index (χ1v) is 5.88. The molecule has 0 radical (unpaired) electrons. The van der Waals surface area contributed by atoms with Gasteiger partial charge in [-0.3, -0.25) is 0 Å². The first-order chi connectivity index (χ1) is 9.58. The number of hydrogen-bond acceptors (Lipinski definition) is 4. The summed E-state index contributed by atoms with van der Waals surface area (Å²) >= 11 is 0. The molecule has 4 nitrogen and oxygen atoms in total. The Morgan fingerprint density at radius 1 is 0.850 bits per heavy atom. The normalized spacial score (nSPS) is 10.6. The Balaban J connectivity index is 2.32. The van der Waals surface area contributed by atoms with Crippen LogP contribution in [-0.2, 0) is 0 Å². The van der Waals surface area contributed by atoms with Crippen LogP contribution >= 0.6 is 0 Å². The maximum Gasteiger partial charge on any atom is 0.0721 e. The third-order valence-electron chi connectivity index (χ3n) is 2.76. The summed E-state index contributed by atoms with van der Waals surface area (Å²) in [5.74, 6) is -2.51. The van der Waals surface area contributed by atoms with Crippen LogP contribution in [-0.4, -0.2) is 11.9 Å². The van der Waals surface area contributed by atoms with Crippen molar-refractivity contribution in [3.63, 3.8) is 0 Å². The van der Waals surface area contributed by atoms with Crippen LogP contribution in [0.15, 0.2) is 48.5 Å². The highest BCUT2D eigenvalue weighted by molar-refractivity contribution is 5.92. The minimum Gasteiger partial charge on any atom is -0.545 e. The molecule has 0 heterocycles. The molecule has 0 saturated carbocycles. The van der Waals surface area contributed by atoms with Gasteiger partial charge in [-0.25, -0.2) is 0 Å². The van der Waals surface area contributed by atoms with Crippen LogP contribution in [0.5, 0.6) is 0 Å². The third kappa shape index (κ3) is 3.11. The summed E-state index contributed by atoms with van der Waals surface area (Å²) in [7, 11) is 0. The molecule has 0 atom stereocenters. The standard InChI is InChI=1S/C16H12O4/c17-15(18)13-6-3-4-11(10-13)8-9-12-5-1-2-7-14(12)16(19)20/h1-10H,(H,17,18)(H,19,20)/p-2/b9-8+. The highest BCUT2D eigenvalue weighted by atomic mass is 16.4. The van der Waals surface area contributed by atoms with Crippen molar-refractivity contribution in [2.75, 3.05) is 0 Å². The van der Waals surface area contributed by atoms with Crippen LogP contribution in [0, 0.1) is 0 Å². The topological polar surface area (TPSA) is 80.3 Å². The van der Waals surface area contributed by atoms with Gasteiger partial charge in [-0.05, 0) is 22.8 Å². The second-order valence-electron chi connectivity index (χ2n) is 4.12. The van der Waals surface area contributed by atoms with Crippen molar-refractivity contribution >= 4 is 24.1 Å². The van der Waals surface area contributed by atoms with Gasteiger partial charge in [0, 0.05) is 5.56 Å². The van der Waals surface area contributed by atoms with Crippen LogP contribution < -0.4 is 10.2 Å². The molecule has 0 fully saturated rings. The summed E-state index contributed by atoms with van der Waals surface area (Å²) in [6.45, 7) is 0. The Bertz CT molecular complexity index is 686. The van der Waals surface area contributed by atoms with E-state index in [1.54, 1.807) is 42.5 Å². The average Bonchev–Trinajstić information content (AvgIpc) is 2.45. The van der Waals surface area contributed by atoms with Crippen LogP contribution in [0.4, 0.5) is 0 Å². The lowest BCUT2D eigenvalue weighted by Gasteiger charge is -2.06. The molecule has 0 aliphatic heterocycles. The largest absolute Gasteiger partial charge is 0.545 e. The van der Waals surface area contributed by atoms with E-state index in [9.17, 15) is 19.8 Å². The average molecular weight is 266 g/mol. The second kappa shape index (κ2) is 5.84. The van der Waals surface area contributed by atoms with Crippen molar-refractivity contribution in [3.05, 3.63) is 70.8 Å². The fourth-order valence-corrected chi connectivity index (χ4v) is 1.78. The molecule has 20 heavy (non-hydrogen) atoms. The minimum atomic E-state index is -1.26. The lowest BCUT2D eigenvalue weighted by atomic mass is 10.1. The Morgan fingerprint density at radius 3 is 2.30 bits per heavy atom. The summed E-state index contributed by atoms with van der Waals surface area (Å²) in [6.07, 6.45) is 3.23. The van der Waals surface area contributed by atoms with Crippen molar-refractivity contribution < 1.29 is 19.8 Å². The van der Waals surface area contributed by atoms with Gasteiger partial charge in [-0.15, -0.1) is 0 Å². The fraction of sp³-hybridized carbons (Fsp3) is 0. The molecule has 0 bridgehead atoms. The molecule has 0 unspecified atom stereocenters. The lowest BCUT2D eigenvalue weighted by molar-refractivity contribution is -0.256. The molecule has 0 amide bonds. The van der Waals surface area contributed by atoms with E-state index in [4.69, 9.17) is 0 Å². The van der Waals surface area contributed by atoms with Gasteiger partial charge in [0.2, 0.25) is 0 Å². The second-order valence-corrected chi connectivity index (χ2v) is 4.12. The van der Waals surface area contributed by atoms with Crippen molar-refractivity contribution in [1.82, 2.24) is 0 Å². The zero-order valence-electron chi connectivity index (χ0n) is 10.4. The number of carbonyl (C=O) groups is 2. The summed E-state index contributed by atoms with van der Waals surface area (Å²) < 4.78 is 0. The summed E-state index contributed by atoms with van der Waals surface area (Å²) in [6, 6.07) is 12.6. The Labute approximate surface area is 115 Å². The zero-order chi connectivity index (χ0) is 14.5. The minimum absolute atomic E-state index is 0.0698. The van der Waals surface area contributed by atoms with E-state index in [0.717, 1.165) is 0 Å². The van der Waals surface area contributed by atoms with Crippen molar-refractivity contribution in [1.29, 1.82) is 0 Å². The smallest absolute Gasteiger partial charge is 0.0721 e. The Kier molecular flexibility index (Phi) is 3.96. The summed E-state index contributed by atoms with van der Waals surface area (Å²) in [5, 5.41) is 21.7. The van der Waals surface area contributed by atoms with Crippen LogP contribution in [0.3, 0.4) is 0 Å². The van der Waals surface area contributed by atoms with E-state index < -0.39 is 11.9 Å². The van der Waals surface area contributed by atoms with E-state index in [2.05, 4.69) is 0 Å². The van der Waals surface area contributed by atoms with Crippen LogP contribution in [0.2, 0.25) is 0 Å². The maximum atomic E-state index is 10.9. The molecular formula is C16H10O4-2. The summed E-state index contributed by atoms with van der Waals surface area (Å²) in [4.78, 5) is 21.7. The lowest BCUT2D eigenvalue weighted by Crippen LogP contribution is -2.23. The molecule has 0 spiro atoms. The van der Waals surface area contributed by atoms with Crippen LogP contribution in [0.25, 0.3) is 12.2 Å². The van der Waals surface area contributed by atoms with E-state index in [-0.39, 0.29) is 11.1 Å². The molecule has 100 valence electrons. The number of carboxylic acids is 2. The van der Waals surface area contributed by atoms with Gasteiger partial charge in [-0.2, -0.15) is 0 Å². The molecule has 0 aliphatic rings. The van der Waals surface area contributed by atoms with Crippen molar-refractivity contribution in [2.24, 2.45) is 0 Å². The van der Waals surface area contributed by atoms with Gasteiger partial charge in [0.1, 0.15) is 0 Å². The van der Waals surface area contributed by atoms with E-state index in [0.29, 0.717) is 11.1 Å². The number of benzene rings is 2. The van der Waals surface area contributed by atoms with E-state index in [1.165, 1.54) is 18.2 Å². The van der Waals surface area contributed by atoms with Gasteiger partial charge in [0.05, 0.1) is 11.9 Å². The highest BCUT2D eigenvalue weighted by Crippen LogP contribution is 2.13. The number of rotatable bonds is 4. The van der Waals surface area contributed by atoms with Gasteiger partial charge >= 0.3 is 0 Å². The molecule has 2 rings (SSSR count). The van der Waals surface area contributed by atoms with Gasteiger partial charge in [0.15, 0.2) is 0 Å². The van der Waals surface area contributed by atoms with E-state index in [1.807, 2.05) is 0 Å². The molecular weight excluding hydrogens is 256 g/mol. The van der Waals surface area contributed by atoms with Crippen LogP contribution in [0.1, 0.15) is 31.8 Å². The third-order valence-corrected chi connectivity index (χ3v) is 2.76. The zero-order valence-corrected chi connectivity index (χ0v) is 10.4. The first-order valence-electron chi connectivity index (χ1n) is 5.88. The van der Waals surface area contributed by atoms with Crippen molar-refractivity contribution in [2.45, 2.75) is 0 Å². The number of carbonyl (C=O) groups excluding carboxylic acids is 2. The van der Waals surface area contributed by atoms with Crippen molar-refractivity contribution in [3.8, 4) is 0 Å². The molecule has 4 heteroatoms. The Hall–Kier alpha value is -2.88. The monoisotopic (exact) mass is 266 g/mol. The Morgan fingerprint density at radius 2 is 1.60 bits per heavy atom. The predicted molar refractivity (Wildman–Crippen MR) is 70.5 cm³/mol. The number of hydrogen-bond donors (Lipinski definition) is 0. The molecule has 0 saturated heterocycles. The molecule has 0 aliphatic carbocycles. The van der Waals surface area contributed by atoms with E-state index >= 15 is 0 Å². The molecule has 2 aromatic carbocycles. The first kappa shape index (κ1) is 13.5. The van der Waals surface area contributed by atoms with Gasteiger partial charge in [0.25, 0.3) is 0 Å². The SMILES string of the molecule is O=C([O-])c1cccc(/C=C/c2ccccc2C(=O)[O-])c1. The molecule has 0 aromatic heterocycles. The number of carboxylic acid groups (broad SMARTS) is 2. The quantitative estimate of drug-likeness (QED) is 0.758. The number of aromatic carboxylic acids is 2.